The number of thiocarbonyl (C=S) groups is 1. The van der Waals surface area contributed by atoms with E-state index in [1.54, 1.807) is 0 Å². The largest absolute Gasteiger partial charge is 0.411 e. The van der Waals surface area contributed by atoms with E-state index in [2.05, 4.69) is 21.1 Å². The molecule has 0 fully saturated rings. The summed E-state index contributed by atoms with van der Waals surface area (Å²) in [6.07, 6.45) is 5.87. The van der Waals surface area contributed by atoms with Gasteiger partial charge in [0.05, 0.1) is 6.21 Å². The van der Waals surface area contributed by atoms with Crippen molar-refractivity contribution in [2.75, 3.05) is 0 Å². The predicted molar refractivity (Wildman–Crippen MR) is 52.6 cm³/mol. The summed E-state index contributed by atoms with van der Waals surface area (Å²) in [4.78, 5) is 0.797. The first kappa shape index (κ1) is 8.62. The van der Waals surface area contributed by atoms with E-state index in [4.69, 9.17) is 17.4 Å². The van der Waals surface area contributed by atoms with Gasteiger partial charge >= 0.3 is 0 Å². The van der Waals surface area contributed by atoms with E-state index in [0.717, 1.165) is 21.3 Å². The number of oxime groups is 1. The fourth-order valence-electron chi connectivity index (χ4n) is 0.767. The molecule has 0 radical (unpaired) electrons. The van der Waals surface area contributed by atoms with Gasteiger partial charge in [0.2, 0.25) is 0 Å². The molecule has 0 aliphatic heterocycles. The Morgan fingerprint density at radius 3 is 3.09 bits per heavy atom. The minimum Gasteiger partial charge on any atom is -0.411 e. The molecule has 0 aromatic rings. The molecule has 1 aliphatic rings. The molecule has 0 aromatic carbocycles. The van der Waals surface area contributed by atoms with Crippen molar-refractivity contribution in [2.45, 2.75) is 6.42 Å². The van der Waals surface area contributed by atoms with Crippen molar-refractivity contribution in [3.8, 4) is 0 Å². The number of rotatable bonds is 1. The van der Waals surface area contributed by atoms with Crippen LogP contribution in [0.15, 0.2) is 27.4 Å². The normalized spacial score (nSPS) is 18.5. The third kappa shape index (κ3) is 2.24. The van der Waals surface area contributed by atoms with E-state index >= 15 is 0 Å². The SMILES string of the molecule is ON=CC1=CC(Br)=CCC1=S. The van der Waals surface area contributed by atoms with Crippen LogP contribution in [0, 0.1) is 0 Å². The van der Waals surface area contributed by atoms with Crippen LogP contribution in [-0.2, 0) is 0 Å². The highest BCUT2D eigenvalue weighted by Crippen LogP contribution is 2.18. The third-order valence-electron chi connectivity index (χ3n) is 1.29. The first-order chi connectivity index (χ1) is 5.24. The lowest BCUT2D eigenvalue weighted by molar-refractivity contribution is 0.322. The van der Waals surface area contributed by atoms with E-state index in [0.29, 0.717) is 0 Å². The van der Waals surface area contributed by atoms with Crippen LogP contribution in [0.1, 0.15) is 6.42 Å². The van der Waals surface area contributed by atoms with Crippen LogP contribution in [-0.4, -0.2) is 16.3 Å². The molecule has 4 heteroatoms. The second-order valence-electron chi connectivity index (χ2n) is 2.06. The second-order valence-corrected chi connectivity index (χ2v) is 3.47. The number of hydrogen-bond donors (Lipinski definition) is 1. The van der Waals surface area contributed by atoms with E-state index in [1.165, 1.54) is 6.21 Å². The van der Waals surface area contributed by atoms with Gasteiger partial charge in [0, 0.05) is 21.3 Å². The van der Waals surface area contributed by atoms with Crippen molar-refractivity contribution in [1.29, 1.82) is 0 Å². The quantitative estimate of drug-likeness (QED) is 0.326. The molecule has 1 N–H and O–H groups in total. The van der Waals surface area contributed by atoms with Crippen LogP contribution in [0.3, 0.4) is 0 Å². The first-order valence-corrected chi connectivity index (χ1v) is 4.22. The van der Waals surface area contributed by atoms with Crippen molar-refractivity contribution in [1.82, 2.24) is 0 Å². The Labute approximate surface area is 78.4 Å². The van der Waals surface area contributed by atoms with Crippen LogP contribution >= 0.6 is 28.1 Å². The minimum atomic E-state index is 0.730. The molecule has 0 saturated heterocycles. The second kappa shape index (κ2) is 3.78. The van der Waals surface area contributed by atoms with Crippen molar-refractivity contribution in [2.24, 2.45) is 5.16 Å². The molecule has 0 spiro atoms. The Morgan fingerprint density at radius 1 is 1.73 bits per heavy atom. The predicted octanol–water partition coefficient (Wildman–Crippen LogP) is 2.43. The summed E-state index contributed by atoms with van der Waals surface area (Å²) in [7, 11) is 0. The Balaban J connectivity index is 2.89. The summed E-state index contributed by atoms with van der Waals surface area (Å²) in [6.45, 7) is 0. The number of nitrogens with zero attached hydrogens (tertiary/aromatic N) is 1. The Kier molecular flexibility index (Phi) is 2.96. The Bertz CT molecular complexity index is 268. The molecule has 0 amide bonds. The summed E-state index contributed by atoms with van der Waals surface area (Å²) in [6, 6.07) is 0. The van der Waals surface area contributed by atoms with Crippen molar-refractivity contribution in [3.05, 3.63) is 22.2 Å². The van der Waals surface area contributed by atoms with Gasteiger partial charge in [-0.05, 0) is 6.08 Å². The van der Waals surface area contributed by atoms with Gasteiger partial charge in [-0.3, -0.25) is 0 Å². The van der Waals surface area contributed by atoms with Crippen LogP contribution in [0.2, 0.25) is 0 Å². The fourth-order valence-corrected chi connectivity index (χ4v) is 1.37. The Hall–Kier alpha value is -0.480. The van der Waals surface area contributed by atoms with Crippen LogP contribution in [0.5, 0.6) is 0 Å². The van der Waals surface area contributed by atoms with Gasteiger partial charge in [0.1, 0.15) is 0 Å². The van der Waals surface area contributed by atoms with Gasteiger partial charge in [-0.15, -0.1) is 0 Å². The molecule has 0 atom stereocenters. The van der Waals surface area contributed by atoms with Crippen molar-refractivity contribution < 1.29 is 5.21 Å². The summed E-state index contributed by atoms with van der Waals surface area (Å²) < 4.78 is 0.973. The van der Waals surface area contributed by atoms with Gasteiger partial charge in [-0.2, -0.15) is 0 Å². The van der Waals surface area contributed by atoms with Gasteiger partial charge in [-0.25, -0.2) is 0 Å². The van der Waals surface area contributed by atoms with E-state index < -0.39 is 0 Å². The number of allylic oxidation sites excluding steroid dienone is 4. The maximum atomic E-state index is 8.26. The molecule has 11 heavy (non-hydrogen) atoms. The minimum absolute atomic E-state index is 0.730. The molecular formula is C7H6BrNOS. The van der Waals surface area contributed by atoms with Gasteiger partial charge in [0.25, 0.3) is 0 Å². The highest BCUT2D eigenvalue weighted by atomic mass is 79.9. The summed E-state index contributed by atoms with van der Waals surface area (Å²) in [5.74, 6) is 0. The van der Waals surface area contributed by atoms with E-state index in [9.17, 15) is 0 Å². The average Bonchev–Trinajstić information content (AvgIpc) is 1.98. The van der Waals surface area contributed by atoms with Crippen LogP contribution in [0.25, 0.3) is 0 Å². The fraction of sp³-hybridized carbons (Fsp3) is 0.143. The molecule has 2 nitrogen and oxygen atoms in total. The summed E-state index contributed by atoms with van der Waals surface area (Å²) in [5, 5.41) is 11.2. The molecule has 1 aliphatic carbocycles. The standard InChI is InChI=1S/C7H6BrNOS/c8-6-1-2-7(11)5(3-6)4-9-10/h1,3-4,10H,2H2. The van der Waals surface area contributed by atoms with Gasteiger partial charge in [0.15, 0.2) is 0 Å². The van der Waals surface area contributed by atoms with E-state index in [-0.39, 0.29) is 0 Å². The summed E-state index contributed by atoms with van der Waals surface area (Å²) >= 11 is 8.32. The molecule has 58 valence electrons. The monoisotopic (exact) mass is 231 g/mol. The lowest BCUT2D eigenvalue weighted by Gasteiger charge is -2.06. The Morgan fingerprint density at radius 2 is 2.45 bits per heavy atom. The lowest BCUT2D eigenvalue weighted by Crippen LogP contribution is -2.03. The number of hydrogen-bond acceptors (Lipinski definition) is 3. The molecule has 0 saturated carbocycles. The topological polar surface area (TPSA) is 32.6 Å². The van der Waals surface area contributed by atoms with E-state index in [1.807, 2.05) is 12.2 Å². The maximum Gasteiger partial charge on any atom is 0.0745 e. The van der Waals surface area contributed by atoms with Crippen LogP contribution in [0.4, 0.5) is 0 Å². The van der Waals surface area contributed by atoms with Gasteiger partial charge < -0.3 is 5.21 Å². The smallest absolute Gasteiger partial charge is 0.0745 e. The third-order valence-corrected chi connectivity index (χ3v) is 2.25. The highest BCUT2D eigenvalue weighted by molar-refractivity contribution is 9.11. The molecular weight excluding hydrogens is 226 g/mol. The zero-order valence-electron chi connectivity index (χ0n) is 5.62. The average molecular weight is 232 g/mol. The zero-order chi connectivity index (χ0) is 8.27. The molecule has 0 unspecified atom stereocenters. The molecule has 0 bridgehead atoms. The molecule has 1 rings (SSSR count). The van der Waals surface area contributed by atoms with Crippen molar-refractivity contribution >= 4 is 39.2 Å². The zero-order valence-corrected chi connectivity index (χ0v) is 8.02. The first-order valence-electron chi connectivity index (χ1n) is 3.02. The highest BCUT2D eigenvalue weighted by Gasteiger charge is 2.06. The lowest BCUT2D eigenvalue weighted by atomic mass is 10.1. The van der Waals surface area contributed by atoms with Crippen molar-refractivity contribution in [3.63, 3.8) is 0 Å². The number of halogens is 1. The molecule has 0 heterocycles. The molecule has 0 aromatic heterocycles. The maximum absolute atomic E-state index is 8.26. The van der Waals surface area contributed by atoms with Gasteiger partial charge in [-0.1, -0.05) is 39.4 Å². The summed E-state index contributed by atoms with van der Waals surface area (Å²) in [5.41, 5.74) is 0.789. The van der Waals surface area contributed by atoms with Crippen LogP contribution < -0.4 is 0 Å².